The van der Waals surface area contributed by atoms with Gasteiger partial charge in [0, 0.05) is 5.56 Å². The van der Waals surface area contributed by atoms with Crippen molar-refractivity contribution in [1.29, 1.82) is 0 Å². The van der Waals surface area contributed by atoms with E-state index in [-0.39, 0.29) is 6.79 Å². The minimum Gasteiger partial charge on any atom is -0.479 e. The van der Waals surface area contributed by atoms with Crippen molar-refractivity contribution < 1.29 is 19.4 Å². The zero-order valence-electron chi connectivity index (χ0n) is 12.1. The van der Waals surface area contributed by atoms with Crippen LogP contribution in [0.1, 0.15) is 22.9 Å². The van der Waals surface area contributed by atoms with E-state index in [2.05, 4.69) is 5.10 Å². The second kappa shape index (κ2) is 5.18. The lowest BCUT2D eigenvalue weighted by atomic mass is 10.1. The number of carboxylic acids is 1. The van der Waals surface area contributed by atoms with E-state index in [1.165, 1.54) is 0 Å². The fourth-order valence-electron chi connectivity index (χ4n) is 2.45. The average molecular weight is 302 g/mol. The third-order valence-corrected chi connectivity index (χ3v) is 3.43. The maximum absolute atomic E-state index is 12.3. The Kier molecular flexibility index (Phi) is 3.32. The van der Waals surface area contributed by atoms with Gasteiger partial charge in [0.05, 0.1) is 5.69 Å². The highest BCUT2D eigenvalue weighted by Crippen LogP contribution is 2.34. The summed E-state index contributed by atoms with van der Waals surface area (Å²) in [6.07, 6.45) is 0. The van der Waals surface area contributed by atoms with E-state index >= 15 is 0 Å². The van der Waals surface area contributed by atoms with Crippen LogP contribution in [0.5, 0.6) is 11.5 Å². The van der Waals surface area contributed by atoms with Crippen LogP contribution >= 0.6 is 0 Å². The molecule has 0 bridgehead atoms. The van der Waals surface area contributed by atoms with E-state index in [4.69, 9.17) is 9.47 Å². The summed E-state index contributed by atoms with van der Waals surface area (Å²) in [6, 6.07) is 5.18. The second-order valence-corrected chi connectivity index (χ2v) is 5.07. The first kappa shape index (κ1) is 14.1. The predicted octanol–water partition coefficient (Wildman–Crippen LogP) is 1.26. The Morgan fingerprint density at radius 3 is 2.73 bits per heavy atom. The lowest BCUT2D eigenvalue weighted by Gasteiger charge is -2.16. The number of hydrogen-bond acceptors (Lipinski definition) is 5. The third kappa shape index (κ3) is 2.30. The number of ether oxygens (including phenoxy) is 2. The van der Waals surface area contributed by atoms with Gasteiger partial charge in [-0.2, -0.15) is 5.10 Å². The zero-order chi connectivity index (χ0) is 15.9. The number of aryl methyl sites for hydroxylation is 2. The Morgan fingerprint density at radius 1 is 1.27 bits per heavy atom. The summed E-state index contributed by atoms with van der Waals surface area (Å²) in [5, 5.41) is 13.6. The van der Waals surface area contributed by atoms with E-state index in [1.54, 1.807) is 38.1 Å². The molecule has 1 unspecified atom stereocenters. The Labute approximate surface area is 125 Å². The summed E-state index contributed by atoms with van der Waals surface area (Å²) < 4.78 is 11.5. The molecule has 1 aromatic heterocycles. The van der Waals surface area contributed by atoms with Crippen molar-refractivity contribution in [2.45, 2.75) is 19.9 Å². The Morgan fingerprint density at radius 2 is 2.00 bits per heavy atom. The van der Waals surface area contributed by atoms with Gasteiger partial charge in [-0.05, 0) is 37.6 Å². The van der Waals surface area contributed by atoms with Crippen LogP contribution in [0.2, 0.25) is 0 Å². The smallest absolute Gasteiger partial charge is 0.333 e. The number of rotatable bonds is 3. The highest BCUT2D eigenvalue weighted by molar-refractivity contribution is 5.76. The SMILES string of the molecule is Cc1cc(C)c(=O)n(C(C(=O)O)c2ccc3c(c2)OCO3)n1. The first-order valence-corrected chi connectivity index (χ1v) is 6.67. The van der Waals surface area contributed by atoms with Crippen molar-refractivity contribution in [2.75, 3.05) is 6.79 Å². The van der Waals surface area contributed by atoms with Gasteiger partial charge >= 0.3 is 5.97 Å². The van der Waals surface area contributed by atoms with Gasteiger partial charge in [0.1, 0.15) is 0 Å². The number of fused-ring (bicyclic) bond motifs is 1. The molecule has 1 aliphatic rings. The van der Waals surface area contributed by atoms with Crippen molar-refractivity contribution in [3.05, 3.63) is 51.4 Å². The van der Waals surface area contributed by atoms with Gasteiger partial charge in [-0.1, -0.05) is 6.07 Å². The number of hydrogen-bond donors (Lipinski definition) is 1. The maximum Gasteiger partial charge on any atom is 0.333 e. The molecule has 22 heavy (non-hydrogen) atoms. The minimum atomic E-state index is -1.22. The molecule has 2 heterocycles. The van der Waals surface area contributed by atoms with Crippen LogP contribution in [0.25, 0.3) is 0 Å². The molecule has 0 saturated heterocycles. The first-order valence-electron chi connectivity index (χ1n) is 6.67. The van der Waals surface area contributed by atoms with Crippen molar-refractivity contribution in [1.82, 2.24) is 9.78 Å². The lowest BCUT2D eigenvalue weighted by Crippen LogP contribution is -2.34. The standard InChI is InChI=1S/C15H14N2O5/c1-8-5-9(2)16-17(14(8)18)13(15(19)20)10-3-4-11-12(6-10)22-7-21-11/h3-6,13H,7H2,1-2H3,(H,19,20). The maximum atomic E-state index is 12.3. The van der Waals surface area contributed by atoms with E-state index < -0.39 is 17.6 Å². The highest BCUT2D eigenvalue weighted by atomic mass is 16.7. The summed E-state index contributed by atoms with van der Waals surface area (Å²) in [4.78, 5) is 24.0. The molecule has 0 aliphatic carbocycles. The van der Waals surface area contributed by atoms with Crippen LogP contribution in [0.4, 0.5) is 0 Å². The van der Waals surface area contributed by atoms with Gasteiger partial charge in [0.15, 0.2) is 17.5 Å². The molecule has 3 rings (SSSR count). The van der Waals surface area contributed by atoms with Crippen molar-refractivity contribution in [3.8, 4) is 11.5 Å². The highest BCUT2D eigenvalue weighted by Gasteiger charge is 2.27. The summed E-state index contributed by atoms with van der Waals surface area (Å²) in [6.45, 7) is 3.44. The van der Waals surface area contributed by atoms with E-state index in [1.807, 2.05) is 0 Å². The lowest BCUT2D eigenvalue weighted by molar-refractivity contribution is -0.139. The molecular weight excluding hydrogens is 288 g/mol. The normalized spacial score (nSPS) is 13.9. The van der Waals surface area contributed by atoms with Crippen molar-refractivity contribution in [3.63, 3.8) is 0 Å². The van der Waals surface area contributed by atoms with E-state index in [0.717, 1.165) is 4.68 Å². The van der Waals surface area contributed by atoms with Crippen LogP contribution < -0.4 is 15.0 Å². The Bertz CT molecular complexity index is 812. The molecule has 1 N–H and O–H groups in total. The quantitative estimate of drug-likeness (QED) is 0.918. The van der Waals surface area contributed by atoms with Crippen LogP contribution in [-0.2, 0) is 4.79 Å². The molecule has 0 amide bonds. The molecule has 1 aliphatic heterocycles. The number of aromatic nitrogens is 2. The second-order valence-electron chi connectivity index (χ2n) is 5.07. The summed E-state index contributed by atoms with van der Waals surface area (Å²) in [5.74, 6) is -0.159. The van der Waals surface area contributed by atoms with Gasteiger partial charge in [-0.3, -0.25) is 4.79 Å². The van der Waals surface area contributed by atoms with Crippen molar-refractivity contribution >= 4 is 5.97 Å². The molecule has 1 atom stereocenters. The molecule has 1 aromatic carbocycles. The number of aliphatic carboxylic acids is 1. The fourth-order valence-corrected chi connectivity index (χ4v) is 2.45. The van der Waals surface area contributed by atoms with Crippen LogP contribution in [-0.4, -0.2) is 27.6 Å². The summed E-state index contributed by atoms with van der Waals surface area (Å²) in [7, 11) is 0. The van der Waals surface area contributed by atoms with Crippen LogP contribution in [0.3, 0.4) is 0 Å². The minimum absolute atomic E-state index is 0.0955. The Balaban J connectivity index is 2.16. The fraction of sp³-hybridized carbons (Fsp3) is 0.267. The summed E-state index contributed by atoms with van der Waals surface area (Å²) >= 11 is 0. The van der Waals surface area contributed by atoms with Crippen molar-refractivity contribution in [2.24, 2.45) is 0 Å². The van der Waals surface area contributed by atoms with Crippen LogP contribution in [0.15, 0.2) is 29.1 Å². The molecule has 7 heteroatoms. The zero-order valence-corrected chi connectivity index (χ0v) is 12.1. The molecule has 0 saturated carbocycles. The average Bonchev–Trinajstić information content (AvgIpc) is 2.91. The molecule has 0 fully saturated rings. The van der Waals surface area contributed by atoms with Gasteiger partial charge in [0.2, 0.25) is 6.79 Å². The number of carbonyl (C=O) groups is 1. The largest absolute Gasteiger partial charge is 0.479 e. The van der Waals surface area contributed by atoms with Gasteiger partial charge < -0.3 is 14.6 Å². The molecule has 0 spiro atoms. The van der Waals surface area contributed by atoms with Crippen LogP contribution in [0, 0.1) is 13.8 Å². The van der Waals surface area contributed by atoms with E-state index in [9.17, 15) is 14.7 Å². The summed E-state index contributed by atoms with van der Waals surface area (Å²) in [5.41, 5.74) is 0.982. The third-order valence-electron chi connectivity index (χ3n) is 3.43. The molecule has 114 valence electrons. The molecule has 2 aromatic rings. The number of benzene rings is 1. The molecule has 0 radical (unpaired) electrons. The van der Waals surface area contributed by atoms with Gasteiger partial charge in [-0.15, -0.1) is 0 Å². The first-order chi connectivity index (χ1) is 10.5. The Hall–Kier alpha value is -2.83. The number of carboxylic acid groups (broad SMARTS) is 1. The number of nitrogens with zero attached hydrogens (tertiary/aromatic N) is 2. The predicted molar refractivity (Wildman–Crippen MR) is 76.3 cm³/mol. The molecule has 7 nitrogen and oxygen atoms in total. The van der Waals surface area contributed by atoms with Gasteiger partial charge in [-0.25, -0.2) is 9.48 Å². The van der Waals surface area contributed by atoms with E-state index in [0.29, 0.717) is 28.3 Å². The monoisotopic (exact) mass is 302 g/mol. The van der Waals surface area contributed by atoms with Gasteiger partial charge in [0.25, 0.3) is 5.56 Å². The molecular formula is C15H14N2O5. The topological polar surface area (TPSA) is 90.7 Å².